The van der Waals surface area contributed by atoms with Crippen molar-refractivity contribution in [3.05, 3.63) is 10.6 Å². The highest BCUT2D eigenvalue weighted by molar-refractivity contribution is 7.15. The highest BCUT2D eigenvalue weighted by atomic mass is 32.1. The molecule has 0 fully saturated rings. The number of esters is 1. The summed E-state index contributed by atoms with van der Waals surface area (Å²) in [6.07, 6.45) is 3.07. The van der Waals surface area contributed by atoms with Crippen LogP contribution in [0.1, 0.15) is 23.9 Å². The predicted molar refractivity (Wildman–Crippen MR) is 67.4 cm³/mol. The van der Waals surface area contributed by atoms with Crippen LogP contribution in [0, 0.1) is 0 Å². The Morgan fingerprint density at radius 3 is 3.00 bits per heavy atom. The molecule has 18 heavy (non-hydrogen) atoms. The summed E-state index contributed by atoms with van der Waals surface area (Å²) in [7, 11) is 0. The number of nitrogens with two attached hydrogens (primary N) is 1. The lowest BCUT2D eigenvalue weighted by Gasteiger charge is -2.09. The van der Waals surface area contributed by atoms with Crippen LogP contribution in [0.2, 0.25) is 0 Å². The predicted octanol–water partition coefficient (Wildman–Crippen LogP) is 0.461. The summed E-state index contributed by atoms with van der Waals surface area (Å²) in [4.78, 5) is 28.5. The van der Waals surface area contributed by atoms with Gasteiger partial charge in [0.15, 0.2) is 11.2 Å². The number of anilines is 1. The van der Waals surface area contributed by atoms with Gasteiger partial charge in [-0.1, -0.05) is 0 Å². The number of amides is 1. The second-order valence-corrected chi connectivity index (χ2v) is 5.05. The van der Waals surface area contributed by atoms with Crippen molar-refractivity contribution in [3.8, 4) is 0 Å². The largest absolute Gasteiger partial charge is 0.464 e. The first kappa shape index (κ1) is 13.0. The Kier molecular flexibility index (Phi) is 3.93. The first-order chi connectivity index (χ1) is 8.61. The number of carbonyl (C=O) groups excluding carboxylic acids is 2. The lowest BCUT2D eigenvalue weighted by atomic mass is 10.3. The van der Waals surface area contributed by atoms with Gasteiger partial charge in [-0.25, -0.2) is 9.78 Å². The van der Waals surface area contributed by atoms with Crippen LogP contribution in [0.3, 0.4) is 0 Å². The average Bonchev–Trinajstić information content (AvgIpc) is 2.88. The normalized spacial score (nSPS) is 15.0. The third kappa shape index (κ3) is 2.68. The van der Waals surface area contributed by atoms with Gasteiger partial charge in [-0.2, -0.15) is 0 Å². The Balaban J connectivity index is 1.96. The molecule has 0 saturated heterocycles. The molecule has 1 aliphatic carbocycles. The van der Waals surface area contributed by atoms with Crippen LogP contribution >= 0.6 is 11.3 Å². The van der Waals surface area contributed by atoms with E-state index in [1.165, 1.54) is 16.2 Å². The van der Waals surface area contributed by atoms with Crippen LogP contribution in [0.25, 0.3) is 0 Å². The Bertz CT molecular complexity index is 451. The van der Waals surface area contributed by atoms with Crippen molar-refractivity contribution >= 4 is 28.3 Å². The number of hydrogen-bond acceptors (Lipinski definition) is 6. The van der Waals surface area contributed by atoms with Gasteiger partial charge in [-0.15, -0.1) is 11.3 Å². The topological polar surface area (TPSA) is 94.3 Å². The monoisotopic (exact) mass is 269 g/mol. The molecule has 1 amide bonds. The summed E-state index contributed by atoms with van der Waals surface area (Å²) in [5.41, 5.74) is 6.52. The number of fused-ring (bicyclic) bond motifs is 1. The van der Waals surface area contributed by atoms with Crippen LogP contribution < -0.4 is 11.1 Å². The number of nitrogens with zero attached hydrogens (tertiary/aromatic N) is 1. The molecule has 2 rings (SSSR count). The Labute approximate surface area is 109 Å². The zero-order chi connectivity index (χ0) is 13.1. The maximum Gasteiger partial charge on any atom is 0.332 e. The third-order valence-corrected chi connectivity index (χ3v) is 3.72. The second kappa shape index (κ2) is 5.45. The number of aromatic nitrogens is 1. The van der Waals surface area contributed by atoms with Gasteiger partial charge in [-0.3, -0.25) is 4.79 Å². The van der Waals surface area contributed by atoms with Crippen molar-refractivity contribution in [1.29, 1.82) is 0 Å². The van der Waals surface area contributed by atoms with Crippen LogP contribution in [-0.2, 0) is 27.2 Å². The number of hydrogen-bond donors (Lipinski definition) is 2. The highest BCUT2D eigenvalue weighted by Crippen LogP contribution is 2.30. The quantitative estimate of drug-likeness (QED) is 0.611. The first-order valence-electron chi connectivity index (χ1n) is 5.83. The van der Waals surface area contributed by atoms with Gasteiger partial charge in [0.05, 0.1) is 12.3 Å². The smallest absolute Gasteiger partial charge is 0.332 e. The lowest BCUT2D eigenvalue weighted by Crippen LogP contribution is -2.43. The number of ether oxygens (including phenoxy) is 1. The minimum atomic E-state index is -1.30. The molecule has 1 unspecified atom stereocenters. The molecule has 0 aliphatic heterocycles. The second-order valence-electron chi connectivity index (χ2n) is 3.96. The Morgan fingerprint density at radius 2 is 2.33 bits per heavy atom. The van der Waals surface area contributed by atoms with E-state index < -0.39 is 17.9 Å². The average molecular weight is 269 g/mol. The summed E-state index contributed by atoms with van der Waals surface area (Å²) in [5.74, 6) is -1.31. The van der Waals surface area contributed by atoms with Gasteiger partial charge < -0.3 is 15.8 Å². The molecule has 7 heteroatoms. The van der Waals surface area contributed by atoms with Crippen LogP contribution in [0.4, 0.5) is 5.13 Å². The van der Waals surface area contributed by atoms with E-state index >= 15 is 0 Å². The van der Waals surface area contributed by atoms with Crippen molar-refractivity contribution in [2.75, 3.05) is 11.9 Å². The number of aryl methyl sites for hydroxylation is 2. The first-order valence-corrected chi connectivity index (χ1v) is 6.65. The summed E-state index contributed by atoms with van der Waals surface area (Å²) in [6.45, 7) is 1.86. The molecule has 1 aromatic rings. The van der Waals surface area contributed by atoms with Crippen LogP contribution in [-0.4, -0.2) is 29.5 Å². The molecule has 98 valence electrons. The fraction of sp³-hybridized carbons (Fsp3) is 0.545. The van der Waals surface area contributed by atoms with E-state index in [1.807, 2.05) is 0 Å². The molecular weight excluding hydrogens is 254 g/mol. The van der Waals surface area contributed by atoms with Crippen LogP contribution in [0.15, 0.2) is 0 Å². The fourth-order valence-electron chi connectivity index (χ4n) is 1.77. The Hall–Kier alpha value is -1.47. The zero-order valence-electron chi connectivity index (χ0n) is 10.1. The highest BCUT2D eigenvalue weighted by Gasteiger charge is 2.25. The van der Waals surface area contributed by atoms with Crippen molar-refractivity contribution in [1.82, 2.24) is 4.98 Å². The molecule has 1 aromatic heterocycles. The molecule has 0 spiro atoms. The van der Waals surface area contributed by atoms with E-state index in [1.54, 1.807) is 6.92 Å². The molecule has 1 atom stereocenters. The summed E-state index contributed by atoms with van der Waals surface area (Å²) >= 11 is 1.44. The third-order valence-electron chi connectivity index (χ3n) is 2.65. The number of carbonyl (C=O) groups is 2. The fourth-order valence-corrected chi connectivity index (χ4v) is 2.82. The molecule has 1 heterocycles. The molecule has 0 radical (unpaired) electrons. The van der Waals surface area contributed by atoms with Crippen LogP contribution in [0.5, 0.6) is 0 Å². The molecule has 0 saturated carbocycles. The Morgan fingerprint density at radius 1 is 1.56 bits per heavy atom. The minimum Gasteiger partial charge on any atom is -0.464 e. The van der Waals surface area contributed by atoms with Gasteiger partial charge in [0, 0.05) is 4.88 Å². The van der Waals surface area contributed by atoms with Crippen molar-refractivity contribution < 1.29 is 14.3 Å². The molecule has 0 aromatic carbocycles. The van der Waals surface area contributed by atoms with E-state index in [2.05, 4.69) is 15.0 Å². The molecule has 0 bridgehead atoms. The van der Waals surface area contributed by atoms with E-state index in [4.69, 9.17) is 5.73 Å². The van der Waals surface area contributed by atoms with Crippen molar-refractivity contribution in [2.24, 2.45) is 5.73 Å². The van der Waals surface area contributed by atoms with E-state index in [0.717, 1.165) is 25.0 Å². The van der Waals surface area contributed by atoms with Gasteiger partial charge >= 0.3 is 5.97 Å². The summed E-state index contributed by atoms with van der Waals surface area (Å²) in [5, 5.41) is 3.06. The maximum atomic E-state index is 11.7. The molecule has 1 aliphatic rings. The number of thiazole rings is 1. The van der Waals surface area contributed by atoms with Gasteiger partial charge in [0.25, 0.3) is 5.91 Å². The molecular formula is C11H15N3O3S. The van der Waals surface area contributed by atoms with Crippen molar-refractivity contribution in [2.45, 2.75) is 32.2 Å². The zero-order valence-corrected chi connectivity index (χ0v) is 10.9. The van der Waals surface area contributed by atoms with Gasteiger partial charge in [0.1, 0.15) is 0 Å². The standard InChI is InChI=1S/C11H15N3O3S/c1-2-17-10(16)8(12)9(15)14-11-13-6-4-3-5-7(6)18-11/h8H,2-5,12H2,1H3,(H,13,14,15). The molecule has 3 N–H and O–H groups in total. The number of rotatable bonds is 4. The van der Waals surface area contributed by atoms with Crippen molar-refractivity contribution in [3.63, 3.8) is 0 Å². The summed E-state index contributed by atoms with van der Waals surface area (Å²) < 4.78 is 4.68. The summed E-state index contributed by atoms with van der Waals surface area (Å²) in [6, 6.07) is -1.30. The SMILES string of the molecule is CCOC(=O)C(N)C(=O)Nc1nc2c(s1)CCC2. The maximum absolute atomic E-state index is 11.7. The molecule has 6 nitrogen and oxygen atoms in total. The van der Waals surface area contributed by atoms with E-state index in [0.29, 0.717) is 5.13 Å². The minimum absolute atomic E-state index is 0.200. The van der Waals surface area contributed by atoms with Gasteiger partial charge in [-0.05, 0) is 26.2 Å². The lowest BCUT2D eigenvalue weighted by molar-refractivity contribution is -0.146. The van der Waals surface area contributed by atoms with E-state index in [-0.39, 0.29) is 6.61 Å². The number of nitrogens with one attached hydrogen (secondary N) is 1. The van der Waals surface area contributed by atoms with Gasteiger partial charge in [0.2, 0.25) is 0 Å². The van der Waals surface area contributed by atoms with E-state index in [9.17, 15) is 9.59 Å².